The van der Waals surface area contributed by atoms with Crippen LogP contribution in [0.25, 0.3) is 11.3 Å². The molecule has 0 N–H and O–H groups in total. The average molecular weight is 274 g/mol. The zero-order valence-corrected chi connectivity index (χ0v) is 11.1. The molecule has 0 saturated heterocycles. The molecule has 1 aliphatic heterocycles. The highest BCUT2D eigenvalue weighted by Crippen LogP contribution is 2.49. The molecule has 2 aliphatic rings. The molecule has 1 saturated carbocycles. The first kappa shape index (κ1) is 12.1. The van der Waals surface area contributed by atoms with E-state index in [0.717, 1.165) is 17.7 Å². The Bertz CT molecular complexity index is 647. The molecule has 20 heavy (non-hydrogen) atoms. The number of nitrogens with zero attached hydrogens (tertiary/aromatic N) is 2. The molecule has 0 radical (unpaired) electrons. The molecule has 1 aliphatic carbocycles. The van der Waals surface area contributed by atoms with Crippen molar-refractivity contribution in [3.8, 4) is 11.3 Å². The molecule has 4 heteroatoms. The topological polar surface area (TPSA) is 17.8 Å². The van der Waals surface area contributed by atoms with Gasteiger partial charge in [0.2, 0.25) is 5.92 Å². The molecule has 2 heterocycles. The minimum Gasteiger partial charge on any atom is -0.323 e. The summed E-state index contributed by atoms with van der Waals surface area (Å²) in [5.74, 6) is -2.52. The number of rotatable bonds is 1. The van der Waals surface area contributed by atoms with Gasteiger partial charge >= 0.3 is 0 Å². The summed E-state index contributed by atoms with van der Waals surface area (Å²) in [6.45, 7) is 0. The molecule has 4 rings (SSSR count). The van der Waals surface area contributed by atoms with Gasteiger partial charge in [-0.05, 0) is 24.3 Å². The summed E-state index contributed by atoms with van der Waals surface area (Å²) >= 11 is 0. The summed E-state index contributed by atoms with van der Waals surface area (Å²) in [6.07, 6.45) is 5.12. The molecule has 0 spiro atoms. The second-order valence-corrected chi connectivity index (χ2v) is 5.93. The van der Waals surface area contributed by atoms with E-state index < -0.39 is 5.92 Å². The Labute approximate surface area is 116 Å². The lowest BCUT2D eigenvalue weighted by Crippen LogP contribution is -2.31. The van der Waals surface area contributed by atoms with Crippen molar-refractivity contribution in [1.29, 1.82) is 0 Å². The molecular weight excluding hydrogens is 258 g/mol. The van der Waals surface area contributed by atoms with Crippen LogP contribution < -0.4 is 0 Å². The first-order valence-corrected chi connectivity index (χ1v) is 7.15. The van der Waals surface area contributed by atoms with Crippen LogP contribution in [-0.2, 0) is 0 Å². The van der Waals surface area contributed by atoms with Crippen LogP contribution in [0.15, 0.2) is 36.8 Å². The second kappa shape index (κ2) is 4.14. The summed E-state index contributed by atoms with van der Waals surface area (Å²) in [5, 5.41) is 0. The number of benzene rings is 1. The molecule has 1 fully saturated rings. The normalized spacial score (nSPS) is 27.1. The van der Waals surface area contributed by atoms with Crippen molar-refractivity contribution in [1.82, 2.24) is 9.55 Å². The number of hydrogen-bond donors (Lipinski definition) is 0. The van der Waals surface area contributed by atoms with Gasteiger partial charge in [0.1, 0.15) is 0 Å². The van der Waals surface area contributed by atoms with Crippen molar-refractivity contribution < 1.29 is 8.78 Å². The van der Waals surface area contributed by atoms with Crippen molar-refractivity contribution in [2.45, 2.75) is 37.6 Å². The van der Waals surface area contributed by atoms with E-state index in [0.29, 0.717) is 6.42 Å². The van der Waals surface area contributed by atoms with Crippen molar-refractivity contribution in [2.24, 2.45) is 5.92 Å². The highest BCUT2D eigenvalue weighted by Gasteiger charge is 2.43. The third-order valence-electron chi connectivity index (χ3n) is 4.65. The van der Waals surface area contributed by atoms with Gasteiger partial charge in [0.05, 0.1) is 24.3 Å². The van der Waals surface area contributed by atoms with Crippen LogP contribution in [-0.4, -0.2) is 15.5 Å². The Balaban J connectivity index is 1.79. The second-order valence-electron chi connectivity index (χ2n) is 5.93. The highest BCUT2D eigenvalue weighted by atomic mass is 19.3. The third-order valence-corrected chi connectivity index (χ3v) is 4.65. The lowest BCUT2D eigenvalue weighted by atomic mass is 9.79. The van der Waals surface area contributed by atoms with E-state index in [1.54, 1.807) is 6.33 Å². The number of hydrogen-bond acceptors (Lipinski definition) is 1. The Hall–Kier alpha value is -1.71. The lowest BCUT2D eigenvalue weighted by Gasteiger charge is -2.33. The highest BCUT2D eigenvalue weighted by molar-refractivity contribution is 5.69. The summed E-state index contributed by atoms with van der Waals surface area (Å²) < 4.78 is 29.6. The van der Waals surface area contributed by atoms with Crippen molar-refractivity contribution >= 4 is 0 Å². The fourth-order valence-electron chi connectivity index (χ4n) is 3.83. The maximum atomic E-state index is 13.8. The van der Waals surface area contributed by atoms with E-state index in [9.17, 15) is 8.78 Å². The Morgan fingerprint density at radius 1 is 1.25 bits per heavy atom. The molecule has 0 bridgehead atoms. The van der Waals surface area contributed by atoms with Crippen LogP contribution in [0.5, 0.6) is 0 Å². The van der Waals surface area contributed by atoms with Gasteiger partial charge in [-0.2, -0.15) is 0 Å². The van der Waals surface area contributed by atoms with Gasteiger partial charge < -0.3 is 4.57 Å². The van der Waals surface area contributed by atoms with Crippen LogP contribution >= 0.6 is 0 Å². The van der Waals surface area contributed by atoms with Crippen molar-refractivity contribution in [3.05, 3.63) is 42.4 Å². The quantitative estimate of drug-likeness (QED) is 0.759. The van der Waals surface area contributed by atoms with Crippen LogP contribution in [0.2, 0.25) is 0 Å². The SMILES string of the molecule is FC1(F)CCC[C@H]([C@@H]2c3ccccc3-c3cncn32)C1. The fourth-order valence-corrected chi connectivity index (χ4v) is 3.83. The standard InChI is InChI=1S/C16H16F2N2/c17-16(18)7-3-4-11(8-16)15-13-6-2-1-5-12(13)14-9-19-10-20(14)15/h1-2,5-6,9-11,15H,3-4,7-8H2/t11-,15+/m0/s1. The smallest absolute Gasteiger partial charge is 0.248 e. The van der Waals surface area contributed by atoms with Gasteiger partial charge in [0.15, 0.2) is 0 Å². The Kier molecular flexibility index (Phi) is 2.50. The first-order valence-electron chi connectivity index (χ1n) is 7.15. The minimum absolute atomic E-state index is 0.00431. The molecular formula is C16H16F2N2. The third kappa shape index (κ3) is 1.70. The first-order chi connectivity index (χ1) is 9.66. The molecule has 2 aromatic rings. The van der Waals surface area contributed by atoms with Crippen LogP contribution in [0.1, 0.15) is 37.3 Å². The van der Waals surface area contributed by atoms with Crippen LogP contribution in [0.4, 0.5) is 8.78 Å². The molecule has 0 unspecified atom stereocenters. The van der Waals surface area contributed by atoms with Gasteiger partial charge in [-0.25, -0.2) is 13.8 Å². The van der Waals surface area contributed by atoms with E-state index in [2.05, 4.69) is 21.7 Å². The summed E-state index contributed by atoms with van der Waals surface area (Å²) in [5.41, 5.74) is 3.37. The number of aromatic nitrogens is 2. The number of imidazole rings is 1. The van der Waals surface area contributed by atoms with Gasteiger partial charge in [-0.15, -0.1) is 0 Å². The maximum Gasteiger partial charge on any atom is 0.248 e. The number of alkyl halides is 2. The van der Waals surface area contributed by atoms with E-state index in [1.165, 1.54) is 5.56 Å². The molecule has 1 aromatic heterocycles. The fraction of sp³-hybridized carbons (Fsp3) is 0.438. The molecule has 104 valence electrons. The Morgan fingerprint density at radius 3 is 2.95 bits per heavy atom. The van der Waals surface area contributed by atoms with E-state index in [4.69, 9.17) is 0 Å². The Morgan fingerprint density at radius 2 is 2.10 bits per heavy atom. The maximum absolute atomic E-state index is 13.8. The lowest BCUT2D eigenvalue weighted by molar-refractivity contribution is -0.0577. The van der Waals surface area contributed by atoms with Gasteiger partial charge in [0.25, 0.3) is 0 Å². The van der Waals surface area contributed by atoms with Gasteiger partial charge in [-0.1, -0.05) is 24.3 Å². The summed E-state index contributed by atoms with van der Waals surface area (Å²) in [7, 11) is 0. The molecule has 2 atom stereocenters. The summed E-state index contributed by atoms with van der Waals surface area (Å²) in [6, 6.07) is 8.14. The zero-order valence-electron chi connectivity index (χ0n) is 11.1. The van der Waals surface area contributed by atoms with E-state index >= 15 is 0 Å². The van der Waals surface area contributed by atoms with Gasteiger partial charge in [-0.3, -0.25) is 0 Å². The number of halogens is 2. The van der Waals surface area contributed by atoms with E-state index in [-0.39, 0.29) is 24.8 Å². The molecule has 1 aromatic carbocycles. The summed E-state index contributed by atoms with van der Waals surface area (Å²) in [4.78, 5) is 4.20. The monoisotopic (exact) mass is 274 g/mol. The minimum atomic E-state index is -2.51. The number of fused-ring (bicyclic) bond motifs is 3. The van der Waals surface area contributed by atoms with Crippen LogP contribution in [0, 0.1) is 5.92 Å². The van der Waals surface area contributed by atoms with Gasteiger partial charge in [0, 0.05) is 18.4 Å². The predicted octanol–water partition coefficient (Wildman–Crippen LogP) is 4.28. The van der Waals surface area contributed by atoms with Crippen molar-refractivity contribution in [3.63, 3.8) is 0 Å². The average Bonchev–Trinajstić information content (AvgIpc) is 2.97. The molecule has 0 amide bonds. The zero-order chi connectivity index (χ0) is 13.7. The van der Waals surface area contributed by atoms with Crippen LogP contribution in [0.3, 0.4) is 0 Å². The predicted molar refractivity (Wildman–Crippen MR) is 72.7 cm³/mol. The molecule has 2 nitrogen and oxygen atoms in total. The largest absolute Gasteiger partial charge is 0.323 e. The van der Waals surface area contributed by atoms with Crippen molar-refractivity contribution in [2.75, 3.05) is 0 Å². The van der Waals surface area contributed by atoms with E-state index in [1.807, 2.05) is 18.3 Å².